The van der Waals surface area contributed by atoms with Gasteiger partial charge in [0, 0.05) is 43.2 Å². The Morgan fingerprint density at radius 1 is 1.08 bits per heavy atom. The number of morpholine rings is 1. The summed E-state index contributed by atoms with van der Waals surface area (Å²) in [7, 11) is 0. The van der Waals surface area contributed by atoms with Crippen molar-refractivity contribution in [2.24, 2.45) is 0 Å². The average Bonchev–Trinajstić information content (AvgIpc) is 2.92. The Hall–Kier alpha value is -3.14. The van der Waals surface area contributed by atoms with E-state index < -0.39 is 0 Å². The van der Waals surface area contributed by atoms with Crippen LogP contribution in [-0.2, 0) is 11.3 Å². The Kier molecular flexibility index (Phi) is 8.23. The molecule has 0 unspecified atom stereocenters. The van der Waals surface area contributed by atoms with E-state index in [4.69, 9.17) is 26.4 Å². The molecule has 0 aliphatic carbocycles. The minimum atomic E-state index is -0.124. The van der Waals surface area contributed by atoms with Crippen molar-refractivity contribution in [1.29, 1.82) is 0 Å². The molecule has 5 rings (SSSR count). The topological polar surface area (TPSA) is 79.1 Å². The first kappa shape index (κ1) is 25.5. The highest BCUT2D eigenvalue weighted by molar-refractivity contribution is 7.80. The lowest BCUT2D eigenvalue weighted by molar-refractivity contribution is 0.0367. The number of thiocarbonyl (C=S) groups is 1. The second kappa shape index (κ2) is 11.9. The summed E-state index contributed by atoms with van der Waals surface area (Å²) >= 11 is 5.87. The van der Waals surface area contributed by atoms with Crippen molar-refractivity contribution in [3.63, 3.8) is 0 Å². The highest BCUT2D eigenvalue weighted by Gasteiger charge is 2.19. The molecular formula is C28H34N4O4S. The second-order valence-corrected chi connectivity index (χ2v) is 9.90. The van der Waals surface area contributed by atoms with E-state index in [1.54, 1.807) is 0 Å². The lowest BCUT2D eigenvalue weighted by Gasteiger charge is -2.30. The van der Waals surface area contributed by atoms with E-state index in [9.17, 15) is 4.79 Å². The van der Waals surface area contributed by atoms with Gasteiger partial charge in [-0.1, -0.05) is 30.3 Å². The molecule has 8 nitrogen and oxygen atoms in total. The van der Waals surface area contributed by atoms with Crippen LogP contribution >= 0.6 is 12.2 Å². The molecule has 1 fully saturated rings. The third-order valence-electron chi connectivity index (χ3n) is 6.88. The first-order valence-corrected chi connectivity index (χ1v) is 13.3. The molecule has 0 bridgehead atoms. The van der Waals surface area contributed by atoms with Crippen LogP contribution in [0.25, 0.3) is 10.9 Å². The summed E-state index contributed by atoms with van der Waals surface area (Å²) in [5, 5.41) is 5.02. The Bertz CT molecular complexity index is 1280. The summed E-state index contributed by atoms with van der Waals surface area (Å²) in [6.07, 6.45) is 0.936. The highest BCUT2D eigenvalue weighted by Crippen LogP contribution is 2.33. The van der Waals surface area contributed by atoms with E-state index in [1.807, 2.05) is 36.4 Å². The van der Waals surface area contributed by atoms with Gasteiger partial charge in [-0.05, 0) is 43.3 Å². The summed E-state index contributed by atoms with van der Waals surface area (Å²) in [5.74, 6) is 1.36. The Morgan fingerprint density at radius 3 is 2.57 bits per heavy atom. The largest absolute Gasteiger partial charge is 0.486 e. The van der Waals surface area contributed by atoms with Crippen LogP contribution in [0.1, 0.15) is 30.5 Å². The van der Waals surface area contributed by atoms with Gasteiger partial charge in [-0.25, -0.2) is 0 Å². The molecule has 0 spiro atoms. The van der Waals surface area contributed by atoms with Crippen molar-refractivity contribution in [2.75, 3.05) is 52.6 Å². The van der Waals surface area contributed by atoms with E-state index >= 15 is 0 Å². The maximum atomic E-state index is 13.1. The zero-order valence-corrected chi connectivity index (χ0v) is 22.0. The van der Waals surface area contributed by atoms with E-state index in [1.165, 1.54) is 0 Å². The van der Waals surface area contributed by atoms with Crippen molar-refractivity contribution in [2.45, 2.75) is 25.9 Å². The van der Waals surface area contributed by atoms with Gasteiger partial charge >= 0.3 is 0 Å². The summed E-state index contributed by atoms with van der Waals surface area (Å²) in [6, 6.07) is 16.0. The van der Waals surface area contributed by atoms with Crippen molar-refractivity contribution in [1.82, 2.24) is 20.1 Å². The van der Waals surface area contributed by atoms with Gasteiger partial charge in [-0.3, -0.25) is 9.69 Å². The minimum absolute atomic E-state index is 0.0500. The van der Waals surface area contributed by atoms with Crippen LogP contribution in [0.4, 0.5) is 0 Å². The van der Waals surface area contributed by atoms with Crippen LogP contribution in [0.3, 0.4) is 0 Å². The smallest absolute Gasteiger partial charge is 0.253 e. The fraction of sp³-hybridized carbons (Fsp3) is 0.429. The molecule has 1 atom stereocenters. The van der Waals surface area contributed by atoms with Crippen molar-refractivity contribution < 1.29 is 14.2 Å². The molecule has 0 saturated carbocycles. The van der Waals surface area contributed by atoms with Crippen molar-refractivity contribution in [3.8, 4) is 11.5 Å². The predicted octanol–water partition coefficient (Wildman–Crippen LogP) is 3.46. The van der Waals surface area contributed by atoms with Gasteiger partial charge in [0.2, 0.25) is 0 Å². The summed E-state index contributed by atoms with van der Waals surface area (Å²) in [4.78, 5) is 20.6. The normalized spacial score (nSPS) is 16.4. The SMILES string of the molecule is C[C@H](NC(=S)N(CCCN1CCOCC1)Cc1cc2cc3c(cc2[nH]c1=O)OCCO3)c1ccccc1. The zero-order chi connectivity index (χ0) is 25.6. The first-order valence-electron chi connectivity index (χ1n) is 12.9. The van der Waals surface area contributed by atoms with E-state index in [2.05, 4.69) is 39.2 Å². The number of nitrogens with one attached hydrogen (secondary N) is 2. The summed E-state index contributed by atoms with van der Waals surface area (Å²) in [6.45, 7) is 8.71. The maximum Gasteiger partial charge on any atom is 0.253 e. The number of hydrogen-bond donors (Lipinski definition) is 2. The van der Waals surface area contributed by atoms with Crippen LogP contribution in [0, 0.1) is 0 Å². The molecule has 37 heavy (non-hydrogen) atoms. The van der Waals surface area contributed by atoms with Crippen LogP contribution in [0.5, 0.6) is 11.5 Å². The lowest BCUT2D eigenvalue weighted by atomic mass is 10.1. The van der Waals surface area contributed by atoms with Gasteiger partial charge in [-0.2, -0.15) is 0 Å². The van der Waals surface area contributed by atoms with Crippen LogP contribution in [0.2, 0.25) is 0 Å². The first-order chi connectivity index (χ1) is 18.1. The number of aromatic amines is 1. The maximum absolute atomic E-state index is 13.1. The van der Waals surface area contributed by atoms with Crippen molar-refractivity contribution in [3.05, 3.63) is 70.0 Å². The van der Waals surface area contributed by atoms with Gasteiger partial charge in [0.1, 0.15) is 13.2 Å². The molecule has 2 N–H and O–H groups in total. The van der Waals surface area contributed by atoms with E-state index in [-0.39, 0.29) is 11.6 Å². The Morgan fingerprint density at radius 2 is 1.81 bits per heavy atom. The van der Waals surface area contributed by atoms with Crippen LogP contribution in [0.15, 0.2) is 53.3 Å². The number of rotatable bonds is 8. The predicted molar refractivity (Wildman–Crippen MR) is 148 cm³/mol. The zero-order valence-electron chi connectivity index (χ0n) is 21.2. The van der Waals surface area contributed by atoms with Crippen LogP contribution < -0.4 is 20.3 Å². The lowest BCUT2D eigenvalue weighted by Crippen LogP contribution is -2.43. The number of ether oxygens (including phenoxy) is 3. The standard InChI is InChI=1S/C28H34N4O4S/c1-20(21-6-3-2-4-7-21)29-28(37)32(9-5-8-31-10-12-34-13-11-31)19-23-16-22-17-25-26(36-15-14-35-25)18-24(22)30-27(23)33/h2-4,6-7,16-18,20H,5,8-15,19H2,1H3,(H,29,37)(H,30,33)/t20-/m0/s1. The number of H-pyrrole nitrogens is 1. The third-order valence-corrected chi connectivity index (χ3v) is 7.25. The molecule has 1 saturated heterocycles. The molecule has 3 heterocycles. The van der Waals surface area contributed by atoms with Gasteiger partial charge < -0.3 is 29.4 Å². The molecule has 2 aliphatic rings. The Balaban J connectivity index is 1.34. The highest BCUT2D eigenvalue weighted by atomic mass is 32.1. The quantitative estimate of drug-likeness (QED) is 0.436. The average molecular weight is 523 g/mol. The van der Waals surface area contributed by atoms with E-state index in [0.717, 1.165) is 62.3 Å². The van der Waals surface area contributed by atoms with E-state index in [0.29, 0.717) is 41.9 Å². The number of benzene rings is 2. The number of pyridine rings is 1. The fourth-order valence-electron chi connectivity index (χ4n) is 4.77. The number of aromatic nitrogens is 1. The molecule has 196 valence electrons. The van der Waals surface area contributed by atoms with Gasteiger partial charge in [0.15, 0.2) is 16.6 Å². The minimum Gasteiger partial charge on any atom is -0.486 e. The summed E-state index contributed by atoms with van der Waals surface area (Å²) < 4.78 is 16.9. The van der Waals surface area contributed by atoms with Crippen molar-refractivity contribution >= 4 is 28.2 Å². The number of fused-ring (bicyclic) bond motifs is 2. The van der Waals surface area contributed by atoms with Gasteiger partial charge in [0.25, 0.3) is 5.56 Å². The second-order valence-electron chi connectivity index (χ2n) is 9.52. The number of hydrogen-bond acceptors (Lipinski definition) is 6. The fourth-order valence-corrected chi connectivity index (χ4v) is 5.11. The molecular weight excluding hydrogens is 488 g/mol. The monoisotopic (exact) mass is 522 g/mol. The molecule has 9 heteroatoms. The molecule has 0 radical (unpaired) electrons. The molecule has 2 aromatic carbocycles. The third kappa shape index (κ3) is 6.41. The molecule has 3 aromatic rings. The van der Waals surface area contributed by atoms with Gasteiger partial charge in [-0.15, -0.1) is 0 Å². The van der Waals surface area contributed by atoms with Crippen LogP contribution in [-0.4, -0.2) is 72.5 Å². The van der Waals surface area contributed by atoms with Gasteiger partial charge in [0.05, 0.1) is 31.3 Å². The number of nitrogens with zero attached hydrogens (tertiary/aromatic N) is 2. The summed E-state index contributed by atoms with van der Waals surface area (Å²) in [5.41, 5.74) is 2.43. The molecule has 0 amide bonds. The molecule has 2 aliphatic heterocycles. The molecule has 1 aromatic heterocycles. The Labute approximate surface area is 222 Å².